The fourth-order valence-corrected chi connectivity index (χ4v) is 1.28. The van der Waals surface area contributed by atoms with E-state index in [-0.39, 0.29) is 12.5 Å². The van der Waals surface area contributed by atoms with Gasteiger partial charge in [-0.05, 0) is 12.0 Å². The molecule has 0 fully saturated rings. The summed E-state index contributed by atoms with van der Waals surface area (Å²) in [7, 11) is 0. The van der Waals surface area contributed by atoms with Crippen molar-refractivity contribution in [2.24, 2.45) is 5.92 Å². The van der Waals surface area contributed by atoms with E-state index in [0.717, 1.165) is 0 Å². The first-order valence-corrected chi connectivity index (χ1v) is 5.36. The van der Waals surface area contributed by atoms with Crippen LogP contribution in [0.15, 0.2) is 12.1 Å². The Labute approximate surface area is 106 Å². The highest BCUT2D eigenvalue weighted by Crippen LogP contribution is 2.31. The third-order valence-corrected chi connectivity index (χ3v) is 2.07. The number of carbonyl (C=O) groups is 1. The lowest BCUT2D eigenvalue weighted by Crippen LogP contribution is -2.24. The largest absolute Gasteiger partial charge is 0.489 e. The highest BCUT2D eigenvalue weighted by molar-refractivity contribution is 6.02. The van der Waals surface area contributed by atoms with E-state index in [1.807, 2.05) is 0 Å². The molecule has 0 atom stereocenters. The standard InChI is InChI=1S/C12H11F5O2/c1-6(2)5-19-10-8(11(18)12(15,16)17)3-7(13)4-9(10)14/h3-4,6H,5H2,1-2H3. The van der Waals surface area contributed by atoms with Gasteiger partial charge in [-0.1, -0.05) is 13.8 Å². The molecular weight excluding hydrogens is 271 g/mol. The molecule has 0 aliphatic rings. The van der Waals surface area contributed by atoms with Gasteiger partial charge in [-0.2, -0.15) is 13.2 Å². The van der Waals surface area contributed by atoms with Crippen molar-refractivity contribution in [1.29, 1.82) is 0 Å². The van der Waals surface area contributed by atoms with Gasteiger partial charge in [-0.3, -0.25) is 4.79 Å². The summed E-state index contributed by atoms with van der Waals surface area (Å²) in [6, 6.07) is 0.678. The summed E-state index contributed by atoms with van der Waals surface area (Å²) in [6.07, 6.45) is -5.23. The van der Waals surface area contributed by atoms with Crippen molar-refractivity contribution in [2.75, 3.05) is 6.61 Å². The van der Waals surface area contributed by atoms with E-state index in [9.17, 15) is 26.7 Å². The minimum atomic E-state index is -5.23. The van der Waals surface area contributed by atoms with Crippen LogP contribution in [0.2, 0.25) is 0 Å². The second-order valence-corrected chi connectivity index (χ2v) is 4.30. The smallest absolute Gasteiger partial charge is 0.455 e. The fraction of sp³-hybridized carbons (Fsp3) is 0.417. The first-order chi connectivity index (χ1) is 8.62. The SMILES string of the molecule is CC(C)COc1c(F)cc(F)cc1C(=O)C(F)(F)F. The second-order valence-electron chi connectivity index (χ2n) is 4.30. The van der Waals surface area contributed by atoms with Crippen molar-refractivity contribution in [2.45, 2.75) is 20.0 Å². The molecule has 0 spiro atoms. The molecule has 0 aromatic heterocycles. The molecule has 0 unspecified atom stereocenters. The zero-order valence-corrected chi connectivity index (χ0v) is 10.1. The highest BCUT2D eigenvalue weighted by Gasteiger charge is 2.41. The lowest BCUT2D eigenvalue weighted by atomic mass is 10.1. The number of ether oxygens (including phenoxy) is 1. The molecular formula is C12H11F5O2. The Kier molecular flexibility index (Phi) is 4.49. The van der Waals surface area contributed by atoms with E-state index in [1.165, 1.54) is 0 Å². The molecule has 0 N–H and O–H groups in total. The predicted molar refractivity (Wildman–Crippen MR) is 57.1 cm³/mol. The Bertz CT molecular complexity index is 480. The second kappa shape index (κ2) is 5.54. The van der Waals surface area contributed by atoms with Crippen LogP contribution in [0.1, 0.15) is 24.2 Å². The number of Topliss-reactive ketones (excluding diaryl/α,β-unsaturated/α-hetero) is 1. The maximum atomic E-state index is 13.4. The number of halogens is 5. The van der Waals surface area contributed by atoms with Gasteiger partial charge >= 0.3 is 6.18 Å². The Morgan fingerprint density at radius 2 is 1.84 bits per heavy atom. The number of hydrogen-bond acceptors (Lipinski definition) is 2. The van der Waals surface area contributed by atoms with Gasteiger partial charge in [0.15, 0.2) is 11.6 Å². The van der Waals surface area contributed by atoms with Crippen molar-refractivity contribution in [3.8, 4) is 5.75 Å². The summed E-state index contributed by atoms with van der Waals surface area (Å²) in [4.78, 5) is 11.1. The van der Waals surface area contributed by atoms with E-state index in [4.69, 9.17) is 4.74 Å². The summed E-state index contributed by atoms with van der Waals surface area (Å²) in [6.45, 7) is 3.28. The Hall–Kier alpha value is -1.66. The zero-order chi connectivity index (χ0) is 14.8. The van der Waals surface area contributed by atoms with Gasteiger partial charge < -0.3 is 4.74 Å². The van der Waals surface area contributed by atoms with Crippen molar-refractivity contribution in [3.63, 3.8) is 0 Å². The average molecular weight is 282 g/mol. The number of alkyl halides is 3. The first kappa shape index (κ1) is 15.4. The van der Waals surface area contributed by atoms with Crippen LogP contribution in [0.5, 0.6) is 5.75 Å². The highest BCUT2D eigenvalue weighted by atomic mass is 19.4. The van der Waals surface area contributed by atoms with E-state index >= 15 is 0 Å². The van der Waals surface area contributed by atoms with Gasteiger partial charge in [0, 0.05) is 6.07 Å². The summed E-state index contributed by atoms with van der Waals surface area (Å²) in [5, 5.41) is 0. The summed E-state index contributed by atoms with van der Waals surface area (Å²) >= 11 is 0. The van der Waals surface area contributed by atoms with Crippen LogP contribution in [0.25, 0.3) is 0 Å². The van der Waals surface area contributed by atoms with Crippen molar-refractivity contribution in [3.05, 3.63) is 29.3 Å². The van der Waals surface area contributed by atoms with E-state index in [1.54, 1.807) is 13.8 Å². The van der Waals surface area contributed by atoms with Crippen LogP contribution >= 0.6 is 0 Å². The van der Waals surface area contributed by atoms with Crippen LogP contribution in [0.3, 0.4) is 0 Å². The Morgan fingerprint density at radius 3 is 2.32 bits per heavy atom. The molecule has 0 heterocycles. The van der Waals surface area contributed by atoms with Gasteiger partial charge in [-0.15, -0.1) is 0 Å². The summed E-state index contributed by atoms with van der Waals surface area (Å²) in [5.74, 6) is -5.93. The van der Waals surface area contributed by atoms with Crippen LogP contribution < -0.4 is 4.74 Å². The van der Waals surface area contributed by atoms with Crippen LogP contribution in [-0.4, -0.2) is 18.6 Å². The lowest BCUT2D eigenvalue weighted by molar-refractivity contribution is -0.0887. The molecule has 0 radical (unpaired) electrons. The minimum Gasteiger partial charge on any atom is -0.489 e. The third-order valence-electron chi connectivity index (χ3n) is 2.07. The molecule has 1 rings (SSSR count). The van der Waals surface area contributed by atoms with Crippen molar-refractivity contribution >= 4 is 5.78 Å². The van der Waals surface area contributed by atoms with Crippen LogP contribution in [-0.2, 0) is 0 Å². The van der Waals surface area contributed by atoms with Crippen molar-refractivity contribution < 1.29 is 31.5 Å². The monoisotopic (exact) mass is 282 g/mol. The minimum absolute atomic E-state index is 0.0965. The summed E-state index contributed by atoms with van der Waals surface area (Å²) < 4.78 is 68.2. The molecule has 0 aliphatic carbocycles. The van der Waals surface area contributed by atoms with E-state index in [2.05, 4.69) is 0 Å². The predicted octanol–water partition coefficient (Wildman–Crippen LogP) is 3.74. The van der Waals surface area contributed by atoms with Gasteiger partial charge in [0.1, 0.15) is 5.82 Å². The van der Waals surface area contributed by atoms with E-state index in [0.29, 0.717) is 12.1 Å². The maximum Gasteiger partial charge on any atom is 0.455 e. The van der Waals surface area contributed by atoms with Gasteiger partial charge in [0.2, 0.25) is 0 Å². The number of carbonyl (C=O) groups excluding carboxylic acids is 1. The molecule has 0 aliphatic heterocycles. The molecule has 0 amide bonds. The van der Waals surface area contributed by atoms with Gasteiger partial charge in [-0.25, -0.2) is 8.78 Å². The first-order valence-electron chi connectivity index (χ1n) is 5.36. The zero-order valence-electron chi connectivity index (χ0n) is 10.1. The molecule has 2 nitrogen and oxygen atoms in total. The quantitative estimate of drug-likeness (QED) is 0.621. The molecule has 0 saturated carbocycles. The number of hydrogen-bond donors (Lipinski definition) is 0. The third kappa shape index (κ3) is 3.90. The average Bonchev–Trinajstić information content (AvgIpc) is 2.24. The normalized spacial score (nSPS) is 11.8. The Balaban J connectivity index is 3.24. The summed E-state index contributed by atoms with van der Waals surface area (Å²) in [5.41, 5.74) is -1.16. The fourth-order valence-electron chi connectivity index (χ4n) is 1.28. The van der Waals surface area contributed by atoms with Gasteiger partial charge in [0.25, 0.3) is 5.78 Å². The molecule has 1 aromatic carbocycles. The Morgan fingerprint density at radius 1 is 1.26 bits per heavy atom. The lowest BCUT2D eigenvalue weighted by Gasteiger charge is -2.14. The van der Waals surface area contributed by atoms with E-state index < -0.39 is 34.9 Å². The molecule has 19 heavy (non-hydrogen) atoms. The molecule has 0 saturated heterocycles. The number of benzene rings is 1. The van der Waals surface area contributed by atoms with Gasteiger partial charge in [0.05, 0.1) is 12.2 Å². The van der Waals surface area contributed by atoms with Crippen LogP contribution in [0, 0.1) is 17.6 Å². The molecule has 106 valence electrons. The topological polar surface area (TPSA) is 26.3 Å². The maximum absolute atomic E-state index is 13.4. The number of rotatable bonds is 4. The molecule has 1 aromatic rings. The molecule has 7 heteroatoms. The van der Waals surface area contributed by atoms with Crippen LogP contribution in [0.4, 0.5) is 22.0 Å². The van der Waals surface area contributed by atoms with Crippen molar-refractivity contribution in [1.82, 2.24) is 0 Å². The number of ketones is 1. The molecule has 0 bridgehead atoms.